The van der Waals surface area contributed by atoms with Crippen LogP contribution in [0.1, 0.15) is 25.7 Å². The second kappa shape index (κ2) is 2.41. The molecule has 2 aliphatic heterocycles. The fourth-order valence-corrected chi connectivity index (χ4v) is 4.01. The van der Waals surface area contributed by atoms with Crippen LogP contribution in [-0.2, 0) is 7.84 Å². The van der Waals surface area contributed by atoms with Gasteiger partial charge in [0.1, 0.15) is 0 Å². The minimum atomic E-state index is -1.51. The Morgan fingerprint density at radius 3 is 2.17 bits per heavy atom. The van der Waals surface area contributed by atoms with Gasteiger partial charge in [0, 0.05) is 0 Å². The molecule has 0 atom stereocenters. The van der Waals surface area contributed by atoms with E-state index in [-0.39, 0.29) is 0 Å². The van der Waals surface area contributed by atoms with E-state index in [1.165, 1.54) is 17.3 Å². The van der Waals surface area contributed by atoms with Crippen LogP contribution in [0.4, 0.5) is 0 Å². The molecule has 1 fully saturated rings. The van der Waals surface area contributed by atoms with Crippen molar-refractivity contribution in [2.75, 3.05) is 0 Å². The number of rotatable bonds is 0. The summed E-state index contributed by atoms with van der Waals surface area (Å²) in [6.45, 7) is 0. The van der Waals surface area contributed by atoms with Gasteiger partial charge in [-0.25, -0.2) is 0 Å². The molecule has 2 heterocycles. The number of hydrogen-bond acceptors (Lipinski definition) is 4. The molecule has 0 radical (unpaired) electrons. The summed E-state index contributed by atoms with van der Waals surface area (Å²) in [6, 6.07) is 0. The van der Waals surface area contributed by atoms with Gasteiger partial charge in [0.15, 0.2) is 0 Å². The number of oxime groups is 2. The fourth-order valence-electron chi connectivity index (χ4n) is 1.59. The Balaban J connectivity index is 2.10. The Kier molecular flexibility index (Phi) is 1.36. The van der Waals surface area contributed by atoms with Crippen LogP contribution in [-0.4, -0.2) is 30.0 Å². The van der Waals surface area contributed by atoms with Gasteiger partial charge in [-0.15, -0.1) is 0 Å². The molecule has 4 nitrogen and oxygen atoms in total. The van der Waals surface area contributed by atoms with E-state index in [1.807, 2.05) is 0 Å². The summed E-state index contributed by atoms with van der Waals surface area (Å²) >= 11 is -1.51. The summed E-state index contributed by atoms with van der Waals surface area (Å²) in [4.78, 5) is 0. The molecule has 5 heteroatoms. The number of hydrogen-bond donors (Lipinski definition) is 0. The molecule has 0 spiro atoms. The van der Waals surface area contributed by atoms with Gasteiger partial charge >= 0.3 is 73.8 Å². The second-order valence-corrected chi connectivity index (χ2v) is 5.46. The minimum absolute atomic E-state index is 1.04. The van der Waals surface area contributed by atoms with Gasteiger partial charge < -0.3 is 0 Å². The van der Waals surface area contributed by atoms with Crippen LogP contribution in [0.5, 0.6) is 0 Å². The molecule has 0 bridgehead atoms. The van der Waals surface area contributed by atoms with E-state index in [1.54, 1.807) is 0 Å². The van der Waals surface area contributed by atoms with E-state index in [2.05, 4.69) is 10.3 Å². The van der Waals surface area contributed by atoms with Crippen molar-refractivity contribution in [3.05, 3.63) is 0 Å². The summed E-state index contributed by atoms with van der Waals surface area (Å²) < 4.78 is 11.6. The topological polar surface area (TPSA) is 43.2 Å². The summed E-state index contributed by atoms with van der Waals surface area (Å²) in [6.07, 6.45) is 4.47. The van der Waals surface area contributed by atoms with E-state index < -0.39 is 14.1 Å². The molecular formula is C7H8N2O2Se. The Morgan fingerprint density at radius 2 is 1.58 bits per heavy atom. The molecule has 3 aliphatic rings. The maximum absolute atomic E-state index is 5.19. The third kappa shape index (κ3) is 0.807. The average Bonchev–Trinajstić information content (AvgIpc) is 2.57. The van der Waals surface area contributed by atoms with Crippen LogP contribution in [0.2, 0.25) is 0 Å². The first-order valence-corrected chi connectivity index (χ1v) is 6.31. The first-order valence-electron chi connectivity index (χ1n) is 4.06. The molecule has 12 heavy (non-hydrogen) atoms. The Labute approximate surface area is 74.3 Å². The zero-order valence-corrected chi connectivity index (χ0v) is 8.16. The van der Waals surface area contributed by atoms with Crippen molar-refractivity contribution in [1.29, 1.82) is 0 Å². The van der Waals surface area contributed by atoms with E-state index in [0.29, 0.717) is 0 Å². The Bertz CT molecular complexity index is 302. The summed E-state index contributed by atoms with van der Waals surface area (Å²) in [5.41, 5.74) is 2.21. The zero-order chi connectivity index (χ0) is 7.97. The monoisotopic (exact) mass is 232 g/mol. The average molecular weight is 231 g/mol. The molecule has 1 aliphatic carbocycles. The van der Waals surface area contributed by atoms with Crippen LogP contribution in [0.15, 0.2) is 10.3 Å². The molecule has 0 amide bonds. The molecule has 0 unspecified atom stereocenters. The van der Waals surface area contributed by atoms with Gasteiger partial charge in [0.2, 0.25) is 0 Å². The second-order valence-electron chi connectivity index (χ2n) is 3.00. The van der Waals surface area contributed by atoms with E-state index in [0.717, 1.165) is 24.3 Å². The summed E-state index contributed by atoms with van der Waals surface area (Å²) in [7, 11) is 0. The molecule has 3 rings (SSSR count). The van der Waals surface area contributed by atoms with Crippen molar-refractivity contribution >= 4 is 30.0 Å². The fraction of sp³-hybridized carbons (Fsp3) is 0.571. The van der Waals surface area contributed by atoms with E-state index in [9.17, 15) is 0 Å². The molecule has 0 aromatic carbocycles. The van der Waals surface area contributed by atoms with Crippen LogP contribution in [0, 0.1) is 0 Å². The van der Waals surface area contributed by atoms with Crippen LogP contribution in [0.3, 0.4) is 0 Å². The SMILES string of the molecule is C1CCC2=NO[Se]3=C2C(=NO3)C1. The molecule has 0 aromatic heterocycles. The summed E-state index contributed by atoms with van der Waals surface area (Å²) in [5, 5.41) is 8.06. The van der Waals surface area contributed by atoms with Gasteiger partial charge in [-0.05, 0) is 0 Å². The third-order valence-electron chi connectivity index (χ3n) is 2.20. The van der Waals surface area contributed by atoms with Crippen LogP contribution >= 0.6 is 0 Å². The van der Waals surface area contributed by atoms with Gasteiger partial charge in [0.05, 0.1) is 0 Å². The van der Waals surface area contributed by atoms with E-state index >= 15 is 0 Å². The summed E-state index contributed by atoms with van der Waals surface area (Å²) in [5.74, 6) is 0. The van der Waals surface area contributed by atoms with Gasteiger partial charge in [0.25, 0.3) is 0 Å². The molecule has 0 saturated heterocycles. The van der Waals surface area contributed by atoms with E-state index in [4.69, 9.17) is 7.84 Å². The molecule has 64 valence electrons. The van der Waals surface area contributed by atoms with Gasteiger partial charge in [-0.2, -0.15) is 0 Å². The van der Waals surface area contributed by atoms with Crippen molar-refractivity contribution in [3.63, 3.8) is 0 Å². The van der Waals surface area contributed by atoms with Crippen LogP contribution < -0.4 is 0 Å². The predicted molar refractivity (Wildman–Crippen MR) is 46.3 cm³/mol. The molecule has 0 N–H and O–H groups in total. The Morgan fingerprint density at radius 1 is 1.00 bits per heavy atom. The third-order valence-corrected chi connectivity index (χ3v) is 4.77. The van der Waals surface area contributed by atoms with Crippen molar-refractivity contribution in [1.82, 2.24) is 0 Å². The Hall–Kier alpha value is -0.671. The van der Waals surface area contributed by atoms with Crippen LogP contribution in [0.25, 0.3) is 0 Å². The maximum atomic E-state index is 5.19. The first-order chi connectivity index (χ1) is 5.95. The van der Waals surface area contributed by atoms with Gasteiger partial charge in [-0.1, -0.05) is 0 Å². The zero-order valence-electron chi connectivity index (χ0n) is 6.45. The van der Waals surface area contributed by atoms with Crippen molar-refractivity contribution < 1.29 is 7.84 Å². The molecular weight excluding hydrogens is 223 g/mol. The normalized spacial score (nSPS) is 26.8. The quantitative estimate of drug-likeness (QED) is 0.572. The predicted octanol–water partition coefficient (Wildman–Crippen LogP) is 0.575. The number of nitrogens with zero attached hydrogens (tertiary/aromatic N) is 2. The van der Waals surface area contributed by atoms with Crippen molar-refractivity contribution in [2.24, 2.45) is 10.3 Å². The standard InChI is InChI=1S/C7H8N2O2Se/c1-2-4-6-7-5(3-1)8-10-12(7)11-9-6/h1-4H2. The first kappa shape index (κ1) is 6.80. The van der Waals surface area contributed by atoms with Crippen molar-refractivity contribution in [3.8, 4) is 0 Å². The molecule has 1 saturated carbocycles. The van der Waals surface area contributed by atoms with Gasteiger partial charge in [-0.3, -0.25) is 0 Å². The molecule has 0 aromatic rings. The van der Waals surface area contributed by atoms with Crippen molar-refractivity contribution in [2.45, 2.75) is 25.7 Å².